The first kappa shape index (κ1) is 26.7. The number of rotatable bonds is 11. The Kier molecular flexibility index (Phi) is 8.53. The highest BCUT2D eigenvalue weighted by atomic mass is 32.2. The van der Waals surface area contributed by atoms with Crippen LogP contribution in [-0.4, -0.2) is 63.9 Å². The van der Waals surface area contributed by atoms with Gasteiger partial charge < -0.3 is 15.0 Å². The second-order valence-electron chi connectivity index (χ2n) is 9.66. The third-order valence-corrected chi connectivity index (χ3v) is 7.33. The topological polar surface area (TPSA) is 79.0 Å². The summed E-state index contributed by atoms with van der Waals surface area (Å²) in [4.78, 5) is 15.2. The average Bonchev–Trinajstić information content (AvgIpc) is 2.78. The van der Waals surface area contributed by atoms with Gasteiger partial charge in [0.1, 0.15) is 5.75 Å². The summed E-state index contributed by atoms with van der Waals surface area (Å²) in [5.41, 5.74) is 0.189. The van der Waals surface area contributed by atoms with Gasteiger partial charge in [0.05, 0.1) is 18.0 Å². The SMILES string of the molecule is CCOc1ccc(NC(=O)CN(CC(C)(C)CN(C)C)S(=O)(=O)c2cccc3ccccc23)cc1. The molecule has 0 aromatic heterocycles. The number of hydrogen-bond acceptors (Lipinski definition) is 5. The van der Waals surface area contributed by atoms with Gasteiger partial charge in [-0.05, 0) is 62.2 Å². The molecule has 0 fully saturated rings. The van der Waals surface area contributed by atoms with Crippen molar-refractivity contribution in [2.45, 2.75) is 25.7 Å². The summed E-state index contributed by atoms with van der Waals surface area (Å²) in [7, 11) is -0.0674. The van der Waals surface area contributed by atoms with Crippen LogP contribution < -0.4 is 10.1 Å². The molecule has 0 saturated heterocycles. The van der Waals surface area contributed by atoms with Gasteiger partial charge in [-0.3, -0.25) is 4.79 Å². The van der Waals surface area contributed by atoms with Gasteiger partial charge in [-0.1, -0.05) is 50.2 Å². The van der Waals surface area contributed by atoms with E-state index in [9.17, 15) is 13.2 Å². The number of amides is 1. The maximum atomic E-state index is 13.9. The molecular formula is C27H35N3O4S. The lowest BCUT2D eigenvalue weighted by molar-refractivity contribution is -0.116. The molecule has 3 rings (SSSR count). The number of carbonyl (C=O) groups is 1. The highest BCUT2D eigenvalue weighted by Gasteiger charge is 2.33. The van der Waals surface area contributed by atoms with Crippen LogP contribution in [0.15, 0.2) is 71.6 Å². The van der Waals surface area contributed by atoms with Crippen molar-refractivity contribution < 1.29 is 17.9 Å². The summed E-state index contributed by atoms with van der Waals surface area (Å²) in [5, 5.41) is 4.29. The summed E-state index contributed by atoms with van der Waals surface area (Å²) >= 11 is 0. The van der Waals surface area contributed by atoms with E-state index in [1.807, 2.05) is 64.0 Å². The summed E-state index contributed by atoms with van der Waals surface area (Å²) in [6.07, 6.45) is 0. The van der Waals surface area contributed by atoms with Gasteiger partial charge in [-0.2, -0.15) is 4.31 Å². The number of nitrogens with one attached hydrogen (secondary N) is 1. The molecule has 8 heteroatoms. The molecule has 7 nitrogen and oxygen atoms in total. The number of hydrogen-bond donors (Lipinski definition) is 1. The molecule has 35 heavy (non-hydrogen) atoms. The van der Waals surface area contributed by atoms with E-state index in [1.165, 1.54) is 4.31 Å². The van der Waals surface area contributed by atoms with Crippen LogP contribution in [0.5, 0.6) is 5.75 Å². The van der Waals surface area contributed by atoms with Crippen LogP contribution in [0.1, 0.15) is 20.8 Å². The maximum absolute atomic E-state index is 13.9. The Morgan fingerprint density at radius 2 is 1.60 bits per heavy atom. The predicted octanol–water partition coefficient (Wildman–Crippen LogP) is 4.46. The molecule has 3 aromatic rings. The van der Waals surface area contributed by atoms with Crippen LogP contribution >= 0.6 is 0 Å². The summed E-state index contributed by atoms with van der Waals surface area (Å²) in [6, 6.07) is 19.6. The Hall–Kier alpha value is -2.94. The number of ether oxygens (including phenoxy) is 1. The molecule has 0 spiro atoms. The molecule has 0 saturated carbocycles. The van der Waals surface area contributed by atoms with Crippen molar-refractivity contribution >= 4 is 32.4 Å². The lowest BCUT2D eigenvalue weighted by atomic mass is 9.93. The van der Waals surface area contributed by atoms with Crippen LogP contribution in [0.25, 0.3) is 10.8 Å². The average molecular weight is 498 g/mol. The van der Waals surface area contributed by atoms with Crippen molar-refractivity contribution in [3.63, 3.8) is 0 Å². The van der Waals surface area contributed by atoms with Gasteiger partial charge in [0.2, 0.25) is 15.9 Å². The van der Waals surface area contributed by atoms with E-state index in [0.717, 1.165) is 5.39 Å². The minimum atomic E-state index is -3.96. The quantitative estimate of drug-likeness (QED) is 0.423. The monoisotopic (exact) mass is 497 g/mol. The first-order valence-corrected chi connectivity index (χ1v) is 13.1. The summed E-state index contributed by atoms with van der Waals surface area (Å²) in [6.45, 7) is 7.01. The largest absolute Gasteiger partial charge is 0.494 e. The lowest BCUT2D eigenvalue weighted by Crippen LogP contribution is -2.46. The van der Waals surface area contributed by atoms with E-state index in [4.69, 9.17) is 4.74 Å². The van der Waals surface area contributed by atoms with Crippen LogP contribution in [0.3, 0.4) is 0 Å². The lowest BCUT2D eigenvalue weighted by Gasteiger charge is -2.34. The van der Waals surface area contributed by atoms with Gasteiger partial charge in [0.15, 0.2) is 0 Å². The molecule has 0 aliphatic carbocycles. The van der Waals surface area contributed by atoms with Gasteiger partial charge >= 0.3 is 0 Å². The Balaban J connectivity index is 1.91. The van der Waals surface area contributed by atoms with Crippen molar-refractivity contribution in [2.24, 2.45) is 5.41 Å². The number of carbonyl (C=O) groups excluding carboxylic acids is 1. The maximum Gasteiger partial charge on any atom is 0.244 e. The minimum absolute atomic E-state index is 0.188. The molecule has 0 aliphatic rings. The molecule has 188 valence electrons. The fourth-order valence-corrected chi connectivity index (χ4v) is 6.13. The van der Waals surface area contributed by atoms with Crippen LogP contribution in [0, 0.1) is 5.41 Å². The van der Waals surface area contributed by atoms with E-state index in [-0.39, 0.29) is 23.4 Å². The van der Waals surface area contributed by atoms with Crippen LogP contribution in [0.4, 0.5) is 5.69 Å². The standard InChI is InChI=1S/C27H35N3O4S/c1-6-34-23-16-14-22(15-17-23)28-26(31)18-30(20-27(2,3)19-29(4)5)35(32,33)25-13-9-11-21-10-7-8-12-24(21)25/h7-17H,6,18-20H2,1-5H3,(H,28,31). The minimum Gasteiger partial charge on any atom is -0.494 e. The molecule has 0 aliphatic heterocycles. The highest BCUT2D eigenvalue weighted by Crippen LogP contribution is 2.28. The second-order valence-corrected chi connectivity index (χ2v) is 11.6. The summed E-state index contributed by atoms with van der Waals surface area (Å²) in [5.74, 6) is 0.301. The van der Waals surface area contributed by atoms with E-state index in [2.05, 4.69) is 5.32 Å². The number of anilines is 1. The summed E-state index contributed by atoms with van der Waals surface area (Å²) < 4.78 is 34.6. The Bertz CT molecular complexity index is 1250. The van der Waals surface area contributed by atoms with Crippen molar-refractivity contribution in [3.05, 3.63) is 66.7 Å². The van der Waals surface area contributed by atoms with Crippen molar-refractivity contribution in [2.75, 3.05) is 45.7 Å². The Labute approximate surface area is 208 Å². The molecule has 0 bridgehead atoms. The molecule has 1 amide bonds. The fraction of sp³-hybridized carbons (Fsp3) is 0.370. The number of fused-ring (bicyclic) bond motifs is 1. The van der Waals surface area contributed by atoms with Gasteiger partial charge in [-0.15, -0.1) is 0 Å². The highest BCUT2D eigenvalue weighted by molar-refractivity contribution is 7.89. The van der Waals surface area contributed by atoms with E-state index < -0.39 is 15.9 Å². The molecule has 1 N–H and O–H groups in total. The van der Waals surface area contributed by atoms with Crippen molar-refractivity contribution in [1.82, 2.24) is 9.21 Å². The third-order valence-electron chi connectivity index (χ3n) is 5.49. The fourth-order valence-electron chi connectivity index (χ4n) is 4.33. The number of nitrogens with zero attached hydrogens (tertiary/aromatic N) is 2. The molecular weight excluding hydrogens is 462 g/mol. The molecule has 0 atom stereocenters. The predicted molar refractivity (Wildman–Crippen MR) is 141 cm³/mol. The van der Waals surface area contributed by atoms with E-state index in [1.54, 1.807) is 42.5 Å². The zero-order valence-corrected chi connectivity index (χ0v) is 21.9. The van der Waals surface area contributed by atoms with Crippen molar-refractivity contribution in [3.8, 4) is 5.75 Å². The van der Waals surface area contributed by atoms with Gasteiger partial charge in [-0.25, -0.2) is 8.42 Å². The zero-order valence-electron chi connectivity index (χ0n) is 21.1. The Morgan fingerprint density at radius 3 is 2.26 bits per heavy atom. The first-order valence-electron chi connectivity index (χ1n) is 11.7. The first-order chi connectivity index (χ1) is 16.5. The van der Waals surface area contributed by atoms with Gasteiger partial charge in [0.25, 0.3) is 0 Å². The molecule has 0 heterocycles. The van der Waals surface area contributed by atoms with Crippen LogP contribution in [0.2, 0.25) is 0 Å². The van der Waals surface area contributed by atoms with E-state index >= 15 is 0 Å². The number of benzene rings is 3. The zero-order chi connectivity index (χ0) is 25.6. The normalized spacial score (nSPS) is 12.3. The van der Waals surface area contributed by atoms with Crippen LogP contribution in [-0.2, 0) is 14.8 Å². The molecule has 3 aromatic carbocycles. The second kappa shape index (κ2) is 11.2. The molecule has 0 unspecified atom stereocenters. The molecule has 0 radical (unpaired) electrons. The smallest absolute Gasteiger partial charge is 0.244 e. The Morgan fingerprint density at radius 1 is 0.943 bits per heavy atom. The third kappa shape index (κ3) is 7.04. The van der Waals surface area contributed by atoms with Gasteiger partial charge in [0, 0.05) is 24.2 Å². The van der Waals surface area contributed by atoms with Crippen molar-refractivity contribution in [1.29, 1.82) is 0 Å². The number of sulfonamides is 1. The van der Waals surface area contributed by atoms with E-state index in [0.29, 0.717) is 30.0 Å².